The van der Waals surface area contributed by atoms with Crippen LogP contribution in [0.15, 0.2) is 0 Å². The van der Waals surface area contributed by atoms with Gasteiger partial charge in [-0.25, -0.2) is 0 Å². The number of rotatable bonds is 3. The van der Waals surface area contributed by atoms with Crippen LogP contribution in [0.5, 0.6) is 0 Å². The molecule has 15 heavy (non-hydrogen) atoms. The van der Waals surface area contributed by atoms with Gasteiger partial charge in [-0.05, 0) is 43.2 Å². The van der Waals surface area contributed by atoms with Crippen LogP contribution < -0.4 is 5.32 Å². The van der Waals surface area contributed by atoms with Crippen LogP contribution in [0, 0.1) is 23.2 Å². The van der Waals surface area contributed by atoms with Crippen molar-refractivity contribution in [3.63, 3.8) is 0 Å². The molecule has 1 heterocycles. The van der Waals surface area contributed by atoms with Crippen LogP contribution in [0.2, 0.25) is 0 Å². The monoisotopic (exact) mass is 224 g/mol. The van der Waals surface area contributed by atoms with E-state index >= 15 is 0 Å². The molecule has 0 aromatic heterocycles. The number of hydrogen-bond acceptors (Lipinski definition) is 3. The van der Waals surface area contributed by atoms with Gasteiger partial charge in [0.15, 0.2) is 0 Å². The summed E-state index contributed by atoms with van der Waals surface area (Å²) in [5, 5.41) is 12.7. The highest BCUT2D eigenvalue weighted by molar-refractivity contribution is 7.99. The van der Waals surface area contributed by atoms with Gasteiger partial charge >= 0.3 is 0 Å². The molecule has 1 aliphatic carbocycles. The van der Waals surface area contributed by atoms with E-state index in [9.17, 15) is 0 Å². The fourth-order valence-corrected chi connectivity index (χ4v) is 3.88. The molecular formula is C12H20N2S. The number of nitrogens with zero attached hydrogens (tertiary/aromatic N) is 1. The van der Waals surface area contributed by atoms with E-state index in [0.29, 0.717) is 6.04 Å². The normalized spacial score (nSPS) is 36.3. The second-order valence-electron chi connectivity index (χ2n) is 4.76. The fourth-order valence-electron chi connectivity index (χ4n) is 2.59. The van der Waals surface area contributed by atoms with E-state index in [1.807, 2.05) is 0 Å². The lowest BCUT2D eigenvalue weighted by atomic mass is 9.85. The molecule has 1 aliphatic heterocycles. The van der Waals surface area contributed by atoms with Gasteiger partial charge in [-0.3, -0.25) is 0 Å². The van der Waals surface area contributed by atoms with Crippen LogP contribution in [-0.4, -0.2) is 24.1 Å². The zero-order valence-electron chi connectivity index (χ0n) is 9.24. The Labute approximate surface area is 96.8 Å². The Kier molecular flexibility index (Phi) is 4.34. The summed E-state index contributed by atoms with van der Waals surface area (Å²) in [6.07, 6.45) is 6.22. The number of nitriles is 1. The number of thioether (sulfide) groups is 1. The molecule has 2 aliphatic rings. The van der Waals surface area contributed by atoms with E-state index in [-0.39, 0.29) is 5.92 Å². The van der Waals surface area contributed by atoms with E-state index in [1.54, 1.807) is 0 Å². The predicted octanol–water partition coefficient (Wildman–Crippen LogP) is 2.41. The summed E-state index contributed by atoms with van der Waals surface area (Å²) in [4.78, 5) is 0. The smallest absolute Gasteiger partial charge is 0.0672 e. The summed E-state index contributed by atoms with van der Waals surface area (Å²) >= 11 is 2.07. The second kappa shape index (κ2) is 5.77. The summed E-state index contributed by atoms with van der Waals surface area (Å²) in [6, 6.07) is 2.94. The minimum absolute atomic E-state index is 0.271. The molecule has 0 bridgehead atoms. The molecule has 2 nitrogen and oxygen atoms in total. The van der Waals surface area contributed by atoms with E-state index < -0.39 is 0 Å². The Morgan fingerprint density at radius 3 is 2.87 bits per heavy atom. The minimum atomic E-state index is 0.271. The summed E-state index contributed by atoms with van der Waals surface area (Å²) < 4.78 is 0. The fraction of sp³-hybridized carbons (Fsp3) is 0.917. The first-order valence-corrected chi connectivity index (χ1v) is 7.26. The third-order valence-corrected chi connectivity index (χ3v) is 4.86. The summed E-state index contributed by atoms with van der Waals surface area (Å²) in [7, 11) is 0. The van der Waals surface area contributed by atoms with Crippen molar-refractivity contribution in [2.45, 2.75) is 38.1 Å². The van der Waals surface area contributed by atoms with Gasteiger partial charge in [0, 0.05) is 6.04 Å². The first-order chi connectivity index (χ1) is 7.40. The summed E-state index contributed by atoms with van der Waals surface area (Å²) in [5.74, 6) is 3.78. The van der Waals surface area contributed by atoms with Crippen molar-refractivity contribution in [3.05, 3.63) is 0 Å². The molecule has 0 radical (unpaired) electrons. The number of hydrogen-bond donors (Lipinski definition) is 1. The van der Waals surface area contributed by atoms with Gasteiger partial charge in [0.25, 0.3) is 0 Å². The maximum absolute atomic E-state index is 9.06. The van der Waals surface area contributed by atoms with Crippen LogP contribution in [0.4, 0.5) is 0 Å². The van der Waals surface area contributed by atoms with Gasteiger partial charge in [0.05, 0.1) is 12.0 Å². The average Bonchev–Trinajstić information content (AvgIpc) is 2.79. The van der Waals surface area contributed by atoms with E-state index in [1.165, 1.54) is 37.2 Å². The zero-order valence-corrected chi connectivity index (χ0v) is 10.1. The highest BCUT2D eigenvalue weighted by Gasteiger charge is 2.25. The Bertz CT molecular complexity index is 230. The molecule has 3 heteroatoms. The molecule has 3 unspecified atom stereocenters. The highest BCUT2D eigenvalue weighted by Crippen LogP contribution is 2.26. The van der Waals surface area contributed by atoms with Crippen LogP contribution >= 0.6 is 11.8 Å². The summed E-state index contributed by atoms with van der Waals surface area (Å²) in [5.41, 5.74) is 0. The Balaban J connectivity index is 1.74. The van der Waals surface area contributed by atoms with Gasteiger partial charge < -0.3 is 5.32 Å². The van der Waals surface area contributed by atoms with Gasteiger partial charge in [-0.2, -0.15) is 17.0 Å². The lowest BCUT2D eigenvalue weighted by molar-refractivity contribution is 0.300. The van der Waals surface area contributed by atoms with Crippen molar-refractivity contribution in [2.24, 2.45) is 11.8 Å². The van der Waals surface area contributed by atoms with Crippen LogP contribution in [-0.2, 0) is 0 Å². The van der Waals surface area contributed by atoms with Gasteiger partial charge in [0.1, 0.15) is 0 Å². The quantitative estimate of drug-likeness (QED) is 0.799. The Morgan fingerprint density at radius 1 is 1.27 bits per heavy atom. The van der Waals surface area contributed by atoms with Crippen LogP contribution in [0.1, 0.15) is 32.1 Å². The molecular weight excluding hydrogens is 204 g/mol. The maximum Gasteiger partial charge on any atom is 0.0672 e. The number of nitrogens with one attached hydrogen (secondary N) is 1. The summed E-state index contributed by atoms with van der Waals surface area (Å²) in [6.45, 7) is 1.13. The first-order valence-electron chi connectivity index (χ1n) is 6.11. The zero-order chi connectivity index (χ0) is 10.5. The van der Waals surface area contributed by atoms with Gasteiger partial charge in [-0.1, -0.05) is 12.8 Å². The second-order valence-corrected chi connectivity index (χ2v) is 5.91. The van der Waals surface area contributed by atoms with Crippen molar-refractivity contribution in [3.8, 4) is 6.07 Å². The van der Waals surface area contributed by atoms with Crippen molar-refractivity contribution in [1.82, 2.24) is 5.32 Å². The molecule has 1 N–H and O–H groups in total. The third-order valence-electron chi connectivity index (χ3n) is 3.62. The highest BCUT2D eigenvalue weighted by atomic mass is 32.2. The predicted molar refractivity (Wildman–Crippen MR) is 64.8 cm³/mol. The molecule has 1 saturated heterocycles. The first kappa shape index (κ1) is 11.3. The Morgan fingerprint density at radius 2 is 2.13 bits per heavy atom. The van der Waals surface area contributed by atoms with Gasteiger partial charge in [-0.15, -0.1) is 0 Å². The van der Waals surface area contributed by atoms with Gasteiger partial charge in [0.2, 0.25) is 0 Å². The average molecular weight is 224 g/mol. The molecule has 1 saturated carbocycles. The maximum atomic E-state index is 9.06. The van der Waals surface area contributed by atoms with E-state index in [0.717, 1.165) is 18.9 Å². The largest absolute Gasteiger partial charge is 0.312 e. The lowest BCUT2D eigenvalue weighted by Gasteiger charge is -2.28. The molecule has 2 rings (SSSR count). The molecule has 0 spiro atoms. The molecule has 0 amide bonds. The molecule has 3 atom stereocenters. The van der Waals surface area contributed by atoms with Crippen molar-refractivity contribution in [1.29, 1.82) is 5.26 Å². The SMILES string of the molecule is N#CC1CCCCC1NCC1CCSC1. The third kappa shape index (κ3) is 3.12. The van der Waals surface area contributed by atoms with E-state index in [4.69, 9.17) is 5.26 Å². The van der Waals surface area contributed by atoms with Crippen molar-refractivity contribution in [2.75, 3.05) is 18.1 Å². The minimum Gasteiger partial charge on any atom is -0.312 e. The molecule has 0 aromatic carbocycles. The molecule has 84 valence electrons. The standard InChI is InChI=1S/C12H20N2S/c13-7-11-3-1-2-4-12(11)14-8-10-5-6-15-9-10/h10-12,14H,1-6,8-9H2. The van der Waals surface area contributed by atoms with E-state index in [2.05, 4.69) is 23.1 Å². The molecule has 0 aromatic rings. The lowest BCUT2D eigenvalue weighted by Crippen LogP contribution is -2.40. The van der Waals surface area contributed by atoms with Crippen molar-refractivity contribution < 1.29 is 0 Å². The molecule has 2 fully saturated rings. The van der Waals surface area contributed by atoms with Crippen molar-refractivity contribution >= 4 is 11.8 Å². The van der Waals surface area contributed by atoms with Crippen LogP contribution in [0.25, 0.3) is 0 Å². The Hall–Kier alpha value is -0.200. The van der Waals surface area contributed by atoms with Crippen LogP contribution in [0.3, 0.4) is 0 Å². The topological polar surface area (TPSA) is 35.8 Å².